The lowest BCUT2D eigenvalue weighted by atomic mass is 10.2. The standard InChI is InChI=1S/C11H16N4O4S/c1-3-8-13-14-10(20-8)12-11(18)15-5-6(19-2)4-7(15)9(16)17/h6-7H,3-5H2,1-2H3,(H,16,17)(H,12,14,18). The molecule has 2 heterocycles. The zero-order valence-corrected chi connectivity index (χ0v) is 12.0. The van der Waals surface area contributed by atoms with E-state index in [-0.39, 0.29) is 19.1 Å². The number of nitrogens with one attached hydrogen (secondary N) is 1. The van der Waals surface area contributed by atoms with Gasteiger partial charge in [0, 0.05) is 20.1 Å². The van der Waals surface area contributed by atoms with E-state index >= 15 is 0 Å². The first kappa shape index (κ1) is 14.7. The fraction of sp³-hybridized carbons (Fsp3) is 0.636. The van der Waals surface area contributed by atoms with Crippen molar-refractivity contribution in [3.8, 4) is 0 Å². The number of carbonyl (C=O) groups is 2. The molecular formula is C11H16N4O4S. The number of carboxylic acids is 1. The van der Waals surface area contributed by atoms with Gasteiger partial charge in [0.2, 0.25) is 5.13 Å². The molecule has 0 aromatic carbocycles. The van der Waals surface area contributed by atoms with Crippen LogP contribution in [0.15, 0.2) is 0 Å². The molecule has 0 radical (unpaired) electrons. The number of aryl methyl sites for hydroxylation is 1. The van der Waals surface area contributed by atoms with Gasteiger partial charge in [0.1, 0.15) is 11.0 Å². The molecule has 0 saturated carbocycles. The van der Waals surface area contributed by atoms with E-state index in [0.29, 0.717) is 5.13 Å². The number of methoxy groups -OCH3 is 1. The van der Waals surface area contributed by atoms with Crippen molar-refractivity contribution in [2.75, 3.05) is 19.0 Å². The SMILES string of the molecule is CCc1nnc(NC(=O)N2CC(OC)CC2C(=O)O)s1. The monoisotopic (exact) mass is 300 g/mol. The summed E-state index contributed by atoms with van der Waals surface area (Å²) in [7, 11) is 1.50. The van der Waals surface area contributed by atoms with Crippen LogP contribution in [-0.2, 0) is 16.0 Å². The molecule has 8 nitrogen and oxygen atoms in total. The molecule has 1 aliphatic heterocycles. The first-order chi connectivity index (χ1) is 9.55. The second kappa shape index (κ2) is 6.14. The Kier molecular flexibility index (Phi) is 4.50. The number of aromatic nitrogens is 2. The summed E-state index contributed by atoms with van der Waals surface area (Å²) in [6.45, 7) is 2.19. The van der Waals surface area contributed by atoms with Gasteiger partial charge in [0.05, 0.1) is 6.10 Å². The van der Waals surface area contributed by atoms with Gasteiger partial charge in [-0.15, -0.1) is 10.2 Å². The Labute approximate surface area is 119 Å². The fourth-order valence-electron chi connectivity index (χ4n) is 2.04. The number of rotatable bonds is 4. The first-order valence-electron chi connectivity index (χ1n) is 6.20. The average molecular weight is 300 g/mol. The molecular weight excluding hydrogens is 284 g/mol. The molecule has 1 fully saturated rings. The summed E-state index contributed by atoms with van der Waals surface area (Å²) < 4.78 is 5.13. The Morgan fingerprint density at radius 2 is 2.30 bits per heavy atom. The summed E-state index contributed by atoms with van der Waals surface area (Å²) in [6.07, 6.45) is 0.763. The van der Waals surface area contributed by atoms with Crippen molar-refractivity contribution in [2.24, 2.45) is 0 Å². The molecule has 2 unspecified atom stereocenters. The zero-order valence-electron chi connectivity index (χ0n) is 11.2. The van der Waals surface area contributed by atoms with Gasteiger partial charge in [-0.3, -0.25) is 5.32 Å². The molecule has 2 atom stereocenters. The average Bonchev–Trinajstić information content (AvgIpc) is 3.04. The number of ether oxygens (including phenoxy) is 1. The Hall–Kier alpha value is -1.74. The summed E-state index contributed by atoms with van der Waals surface area (Å²) in [5.74, 6) is -1.04. The largest absolute Gasteiger partial charge is 0.480 e. The summed E-state index contributed by atoms with van der Waals surface area (Å²) in [5.41, 5.74) is 0. The normalized spacial score (nSPS) is 22.0. The molecule has 0 aliphatic carbocycles. The van der Waals surface area contributed by atoms with E-state index in [1.807, 2.05) is 6.92 Å². The van der Waals surface area contributed by atoms with E-state index in [9.17, 15) is 9.59 Å². The van der Waals surface area contributed by atoms with Crippen LogP contribution in [0.1, 0.15) is 18.4 Å². The summed E-state index contributed by atoms with van der Waals surface area (Å²) >= 11 is 1.28. The van der Waals surface area contributed by atoms with Crippen LogP contribution >= 0.6 is 11.3 Å². The predicted octanol–water partition coefficient (Wildman–Crippen LogP) is 0.806. The van der Waals surface area contributed by atoms with Gasteiger partial charge in [-0.05, 0) is 6.42 Å². The van der Waals surface area contributed by atoms with Crippen molar-refractivity contribution >= 4 is 28.5 Å². The topological polar surface area (TPSA) is 105 Å². The first-order valence-corrected chi connectivity index (χ1v) is 7.02. The van der Waals surface area contributed by atoms with Crippen molar-refractivity contribution in [3.05, 3.63) is 5.01 Å². The van der Waals surface area contributed by atoms with Crippen molar-refractivity contribution in [3.63, 3.8) is 0 Å². The molecule has 20 heavy (non-hydrogen) atoms. The van der Waals surface area contributed by atoms with Crippen molar-refractivity contribution in [1.29, 1.82) is 0 Å². The van der Waals surface area contributed by atoms with Crippen LogP contribution in [0.25, 0.3) is 0 Å². The maximum absolute atomic E-state index is 12.1. The number of carboxylic acid groups (broad SMARTS) is 1. The maximum Gasteiger partial charge on any atom is 0.326 e. The van der Waals surface area contributed by atoms with E-state index in [0.717, 1.165) is 11.4 Å². The predicted molar refractivity (Wildman–Crippen MR) is 71.8 cm³/mol. The highest BCUT2D eigenvalue weighted by molar-refractivity contribution is 7.15. The number of nitrogens with zero attached hydrogens (tertiary/aromatic N) is 3. The van der Waals surface area contributed by atoms with E-state index in [2.05, 4.69) is 15.5 Å². The zero-order chi connectivity index (χ0) is 14.7. The van der Waals surface area contributed by atoms with Crippen molar-refractivity contribution in [1.82, 2.24) is 15.1 Å². The number of aliphatic carboxylic acids is 1. The summed E-state index contributed by atoms with van der Waals surface area (Å²) in [5, 5.41) is 20.6. The second-order valence-electron chi connectivity index (χ2n) is 4.38. The van der Waals surface area contributed by atoms with Crippen molar-refractivity contribution in [2.45, 2.75) is 31.9 Å². The Balaban J connectivity index is 2.05. The van der Waals surface area contributed by atoms with Crippen LogP contribution in [0, 0.1) is 0 Å². The molecule has 1 saturated heterocycles. The third-order valence-corrected chi connectivity index (χ3v) is 4.11. The molecule has 1 aromatic heterocycles. The van der Waals surface area contributed by atoms with Gasteiger partial charge in [0.25, 0.3) is 0 Å². The number of hydrogen-bond donors (Lipinski definition) is 2. The van der Waals surface area contributed by atoms with Gasteiger partial charge in [-0.1, -0.05) is 18.3 Å². The van der Waals surface area contributed by atoms with E-state index in [4.69, 9.17) is 9.84 Å². The molecule has 9 heteroatoms. The van der Waals surface area contributed by atoms with Crippen LogP contribution in [-0.4, -0.2) is 58.0 Å². The number of anilines is 1. The molecule has 110 valence electrons. The highest BCUT2D eigenvalue weighted by Crippen LogP contribution is 2.22. The number of likely N-dealkylation sites (tertiary alicyclic amines) is 1. The van der Waals surface area contributed by atoms with Gasteiger partial charge in [-0.2, -0.15) is 0 Å². The molecule has 2 N–H and O–H groups in total. The third-order valence-electron chi connectivity index (χ3n) is 3.13. The number of hydrogen-bond acceptors (Lipinski definition) is 6. The smallest absolute Gasteiger partial charge is 0.326 e. The minimum atomic E-state index is -1.04. The molecule has 1 aromatic rings. The third kappa shape index (κ3) is 3.05. The lowest BCUT2D eigenvalue weighted by molar-refractivity contribution is -0.141. The van der Waals surface area contributed by atoms with Gasteiger partial charge >= 0.3 is 12.0 Å². The number of urea groups is 1. The van der Waals surface area contributed by atoms with E-state index < -0.39 is 18.0 Å². The maximum atomic E-state index is 12.1. The Morgan fingerprint density at radius 3 is 2.85 bits per heavy atom. The Bertz CT molecular complexity index is 506. The minimum absolute atomic E-state index is 0.249. The lowest BCUT2D eigenvalue weighted by Gasteiger charge is -2.20. The summed E-state index contributed by atoms with van der Waals surface area (Å²) in [6, 6.07) is -1.37. The van der Waals surface area contributed by atoms with Crippen LogP contribution in [0.4, 0.5) is 9.93 Å². The number of amides is 2. The van der Waals surface area contributed by atoms with Crippen LogP contribution < -0.4 is 5.32 Å². The molecule has 0 spiro atoms. The fourth-order valence-corrected chi connectivity index (χ4v) is 2.71. The van der Waals surface area contributed by atoms with Gasteiger partial charge in [0.15, 0.2) is 0 Å². The quantitative estimate of drug-likeness (QED) is 0.852. The van der Waals surface area contributed by atoms with Crippen molar-refractivity contribution < 1.29 is 19.4 Å². The van der Waals surface area contributed by atoms with Crippen LogP contribution in [0.2, 0.25) is 0 Å². The molecule has 1 aliphatic rings. The lowest BCUT2D eigenvalue weighted by Crippen LogP contribution is -2.43. The second-order valence-corrected chi connectivity index (χ2v) is 5.45. The Morgan fingerprint density at radius 1 is 1.55 bits per heavy atom. The summed E-state index contributed by atoms with van der Waals surface area (Å²) in [4.78, 5) is 24.6. The highest BCUT2D eigenvalue weighted by Gasteiger charge is 2.40. The van der Waals surface area contributed by atoms with Gasteiger partial charge < -0.3 is 14.7 Å². The van der Waals surface area contributed by atoms with Crippen LogP contribution in [0.5, 0.6) is 0 Å². The highest BCUT2D eigenvalue weighted by atomic mass is 32.1. The molecule has 0 bridgehead atoms. The molecule has 2 rings (SSSR count). The minimum Gasteiger partial charge on any atom is -0.480 e. The van der Waals surface area contributed by atoms with Gasteiger partial charge in [-0.25, -0.2) is 9.59 Å². The van der Waals surface area contributed by atoms with Crippen LogP contribution in [0.3, 0.4) is 0 Å². The van der Waals surface area contributed by atoms with E-state index in [1.165, 1.54) is 23.3 Å². The van der Waals surface area contributed by atoms with E-state index in [1.54, 1.807) is 0 Å². The molecule has 2 amide bonds. The number of carbonyl (C=O) groups excluding carboxylic acids is 1.